The molecule has 7 nitrogen and oxygen atoms in total. The van der Waals surface area contributed by atoms with Crippen LogP contribution in [0.5, 0.6) is 0 Å². The van der Waals surface area contributed by atoms with Crippen LogP contribution in [-0.2, 0) is 22.9 Å². The van der Waals surface area contributed by atoms with Gasteiger partial charge in [-0.15, -0.1) is 0 Å². The van der Waals surface area contributed by atoms with Crippen molar-refractivity contribution in [2.75, 3.05) is 13.3 Å². The van der Waals surface area contributed by atoms with Crippen molar-refractivity contribution >= 4 is 15.8 Å². The molecular formula is C21H25N5O2S. The summed E-state index contributed by atoms with van der Waals surface area (Å²) in [4.78, 5) is 12.3. The number of nitrogens with one attached hydrogen (secondary N) is 3. The van der Waals surface area contributed by atoms with Crippen LogP contribution < -0.4 is 10.6 Å². The van der Waals surface area contributed by atoms with Crippen LogP contribution >= 0.6 is 0 Å². The van der Waals surface area contributed by atoms with Gasteiger partial charge in [-0.2, -0.15) is 0 Å². The van der Waals surface area contributed by atoms with E-state index in [1.165, 1.54) is 6.26 Å². The number of aromatic nitrogens is 2. The number of aryl methyl sites for hydroxylation is 1. The molecule has 0 saturated carbocycles. The fourth-order valence-electron chi connectivity index (χ4n) is 3.03. The Hall–Kier alpha value is -3.13. The number of hydrogen-bond donors (Lipinski definition) is 3. The summed E-state index contributed by atoms with van der Waals surface area (Å²) < 4.78 is 23.5. The Balaban J connectivity index is 1.57. The zero-order valence-corrected chi connectivity index (χ0v) is 17.5. The molecule has 152 valence electrons. The Morgan fingerprint density at radius 3 is 2.48 bits per heavy atom. The van der Waals surface area contributed by atoms with Gasteiger partial charge in [-0.05, 0) is 29.7 Å². The molecule has 0 amide bonds. The van der Waals surface area contributed by atoms with E-state index < -0.39 is 9.84 Å². The van der Waals surface area contributed by atoms with Crippen LogP contribution in [0.3, 0.4) is 0 Å². The number of aliphatic imine (C=N–C) groups is 1. The lowest BCUT2D eigenvalue weighted by molar-refractivity contribution is 0.601. The van der Waals surface area contributed by atoms with Crippen molar-refractivity contribution in [1.82, 2.24) is 20.6 Å². The van der Waals surface area contributed by atoms with E-state index in [4.69, 9.17) is 0 Å². The molecular weight excluding hydrogens is 386 g/mol. The van der Waals surface area contributed by atoms with E-state index in [0.717, 1.165) is 28.2 Å². The molecule has 0 atom stereocenters. The van der Waals surface area contributed by atoms with E-state index in [9.17, 15) is 8.42 Å². The van der Waals surface area contributed by atoms with Gasteiger partial charge >= 0.3 is 0 Å². The number of guanidine groups is 1. The van der Waals surface area contributed by atoms with Gasteiger partial charge in [0.25, 0.3) is 0 Å². The van der Waals surface area contributed by atoms with E-state index in [1.54, 1.807) is 20.0 Å². The van der Waals surface area contributed by atoms with E-state index >= 15 is 0 Å². The highest BCUT2D eigenvalue weighted by atomic mass is 32.2. The van der Waals surface area contributed by atoms with Gasteiger partial charge in [0.1, 0.15) is 5.82 Å². The number of rotatable bonds is 6. The number of benzene rings is 2. The van der Waals surface area contributed by atoms with Crippen LogP contribution in [0.1, 0.15) is 17.0 Å². The first-order chi connectivity index (χ1) is 13.9. The minimum atomic E-state index is -3.21. The predicted octanol–water partition coefficient (Wildman–Crippen LogP) is 2.65. The molecule has 8 heteroatoms. The lowest BCUT2D eigenvalue weighted by Crippen LogP contribution is -2.36. The smallest absolute Gasteiger partial charge is 0.191 e. The van der Waals surface area contributed by atoms with E-state index in [-0.39, 0.29) is 0 Å². The summed E-state index contributed by atoms with van der Waals surface area (Å²) in [6, 6.07) is 15.3. The maximum Gasteiger partial charge on any atom is 0.191 e. The van der Waals surface area contributed by atoms with Crippen molar-refractivity contribution < 1.29 is 8.42 Å². The Labute approximate surface area is 171 Å². The topological polar surface area (TPSA) is 99.2 Å². The van der Waals surface area contributed by atoms with Crippen molar-refractivity contribution in [3.05, 3.63) is 71.7 Å². The Morgan fingerprint density at radius 1 is 1.10 bits per heavy atom. The van der Waals surface area contributed by atoms with Crippen LogP contribution in [0.2, 0.25) is 0 Å². The number of sulfone groups is 1. The predicted molar refractivity (Wildman–Crippen MR) is 115 cm³/mol. The second kappa shape index (κ2) is 8.91. The molecule has 0 fully saturated rings. The van der Waals surface area contributed by atoms with E-state index in [2.05, 4.69) is 25.6 Å². The first-order valence-electron chi connectivity index (χ1n) is 9.20. The molecule has 1 heterocycles. The first-order valence-corrected chi connectivity index (χ1v) is 11.1. The van der Waals surface area contributed by atoms with Crippen molar-refractivity contribution in [3.63, 3.8) is 0 Å². The van der Waals surface area contributed by atoms with Crippen molar-refractivity contribution in [3.8, 4) is 11.3 Å². The van der Waals surface area contributed by atoms with Gasteiger partial charge in [0, 0.05) is 19.8 Å². The highest BCUT2D eigenvalue weighted by Gasteiger charge is 2.11. The Morgan fingerprint density at radius 2 is 1.83 bits per heavy atom. The number of aromatic amines is 1. The number of hydrogen-bond acceptors (Lipinski definition) is 4. The van der Waals surface area contributed by atoms with Crippen LogP contribution in [0.15, 0.2) is 64.6 Å². The molecule has 0 spiro atoms. The van der Waals surface area contributed by atoms with Gasteiger partial charge in [-0.3, -0.25) is 4.99 Å². The maximum atomic E-state index is 11.7. The number of H-pyrrole nitrogens is 1. The van der Waals surface area contributed by atoms with Gasteiger partial charge in [0.05, 0.1) is 23.3 Å². The molecule has 0 radical (unpaired) electrons. The largest absolute Gasteiger partial charge is 0.352 e. The number of nitrogens with zero attached hydrogens (tertiary/aromatic N) is 2. The molecule has 3 aromatic rings. The van der Waals surface area contributed by atoms with Gasteiger partial charge in [-0.1, -0.05) is 42.5 Å². The van der Waals surface area contributed by atoms with Crippen LogP contribution in [0.4, 0.5) is 0 Å². The molecule has 0 aliphatic rings. The third-order valence-corrected chi connectivity index (χ3v) is 5.72. The fraction of sp³-hybridized carbons (Fsp3) is 0.238. The first kappa shape index (κ1) is 20.6. The van der Waals surface area contributed by atoms with Gasteiger partial charge < -0.3 is 15.6 Å². The second-order valence-electron chi connectivity index (χ2n) is 6.76. The van der Waals surface area contributed by atoms with Crippen LogP contribution in [-0.4, -0.2) is 37.6 Å². The van der Waals surface area contributed by atoms with E-state index in [1.807, 2.05) is 48.7 Å². The molecule has 1 aromatic heterocycles. The summed E-state index contributed by atoms with van der Waals surface area (Å²) >= 11 is 0. The molecule has 3 rings (SSSR count). The quantitative estimate of drug-likeness (QED) is 0.428. The highest BCUT2D eigenvalue weighted by Crippen LogP contribution is 2.17. The SMILES string of the molecule is CN=C(NCc1ccc(S(C)(=O)=O)c(C)c1)NCc1ncc(-c2ccccc2)[nH]1. The normalized spacial score (nSPS) is 12.0. The number of imidazole rings is 1. The van der Waals surface area contributed by atoms with Crippen molar-refractivity contribution in [2.45, 2.75) is 24.9 Å². The lowest BCUT2D eigenvalue weighted by atomic mass is 10.1. The Bertz CT molecular complexity index is 1110. The maximum absolute atomic E-state index is 11.7. The minimum absolute atomic E-state index is 0.357. The van der Waals surface area contributed by atoms with Crippen LogP contribution in [0, 0.1) is 6.92 Å². The van der Waals surface area contributed by atoms with Crippen LogP contribution in [0.25, 0.3) is 11.3 Å². The standard InChI is InChI=1S/C21H25N5O2S/c1-15-11-16(9-10-19(15)29(3,27)28)12-24-21(22-2)25-14-20-23-13-18(26-20)17-7-5-4-6-8-17/h4-11,13H,12,14H2,1-3H3,(H,23,26)(H2,22,24,25). The molecule has 0 aliphatic carbocycles. The molecule has 29 heavy (non-hydrogen) atoms. The Kier molecular flexibility index (Phi) is 6.33. The van der Waals surface area contributed by atoms with Crippen molar-refractivity contribution in [1.29, 1.82) is 0 Å². The van der Waals surface area contributed by atoms with Gasteiger partial charge in [0.2, 0.25) is 0 Å². The summed E-state index contributed by atoms with van der Waals surface area (Å²) in [6.07, 6.45) is 3.03. The molecule has 0 aliphatic heterocycles. The summed E-state index contributed by atoms with van der Waals surface area (Å²) in [5, 5.41) is 6.45. The zero-order chi connectivity index (χ0) is 20.9. The van der Waals surface area contributed by atoms with E-state index in [0.29, 0.717) is 23.9 Å². The lowest BCUT2D eigenvalue weighted by Gasteiger charge is -2.12. The highest BCUT2D eigenvalue weighted by molar-refractivity contribution is 7.90. The monoisotopic (exact) mass is 411 g/mol. The van der Waals surface area contributed by atoms with Crippen molar-refractivity contribution in [2.24, 2.45) is 4.99 Å². The summed E-state index contributed by atoms with van der Waals surface area (Å²) in [6.45, 7) is 2.82. The molecule has 0 saturated heterocycles. The zero-order valence-electron chi connectivity index (χ0n) is 16.7. The summed E-state index contributed by atoms with van der Waals surface area (Å²) in [5.74, 6) is 1.44. The molecule has 0 unspecified atom stereocenters. The molecule has 0 bridgehead atoms. The molecule has 3 N–H and O–H groups in total. The third-order valence-electron chi connectivity index (χ3n) is 4.46. The average Bonchev–Trinajstić information content (AvgIpc) is 3.17. The summed E-state index contributed by atoms with van der Waals surface area (Å²) in [5.41, 5.74) is 3.76. The van der Waals surface area contributed by atoms with Gasteiger partial charge in [-0.25, -0.2) is 13.4 Å². The van der Waals surface area contributed by atoms with Gasteiger partial charge in [0.15, 0.2) is 15.8 Å². The molecule has 2 aromatic carbocycles. The third kappa shape index (κ3) is 5.45. The minimum Gasteiger partial charge on any atom is -0.352 e. The average molecular weight is 412 g/mol. The fourth-order valence-corrected chi connectivity index (χ4v) is 3.99. The summed E-state index contributed by atoms with van der Waals surface area (Å²) in [7, 11) is -1.51. The second-order valence-corrected chi connectivity index (χ2v) is 8.75.